The van der Waals surface area contributed by atoms with Crippen molar-refractivity contribution in [3.05, 3.63) is 0 Å². The fourth-order valence-electron chi connectivity index (χ4n) is 0. The Labute approximate surface area is 408 Å². The molecule has 0 unspecified atom stereocenters. The summed E-state index contributed by atoms with van der Waals surface area (Å²) >= 11 is 0. The summed E-state index contributed by atoms with van der Waals surface area (Å²) in [5, 5.41) is 0. The molecular weight excluding hydrogens is 1510 g/mol. The predicted molar refractivity (Wildman–Crippen MR) is 76.1 cm³/mol. The molecule has 0 saturated carbocycles. The minimum absolute atomic E-state index is 0. The van der Waals surface area contributed by atoms with Crippen molar-refractivity contribution in [1.29, 1.82) is 0 Å². The summed E-state index contributed by atoms with van der Waals surface area (Å²) in [4.78, 5) is 256. The van der Waals surface area contributed by atoms with Crippen molar-refractivity contribution in [2.45, 2.75) is 0 Å². The van der Waals surface area contributed by atoms with E-state index < -0.39 is 78.2 Å². The molecule has 0 N–H and O–H groups in total. The molecule has 0 amide bonds. The molecule has 0 aliphatic heterocycles. The Morgan fingerprint density at radius 2 is 0.143 bits per heavy atom. The first-order valence-electron chi connectivity index (χ1n) is 7.30. The number of hydrogen-bond acceptors (Lipinski definition) is 40. The Kier molecular flexibility index (Phi) is 97.7. The van der Waals surface area contributed by atoms with Gasteiger partial charge in [-0.05, 0) is 0 Å². The van der Waals surface area contributed by atoms with Gasteiger partial charge in [-0.3, -0.25) is 0 Å². The van der Waals surface area contributed by atoms with Crippen LogP contribution < -0.4 is 147 Å². The smallest absolute Gasteiger partial charge is 0.822 e. The van der Waals surface area contributed by atoms with Crippen molar-refractivity contribution in [3.8, 4) is 0 Å². The molecule has 0 fully saturated rings. The molecule has 40 nitrogen and oxygen atoms in total. The molecule has 0 saturated heterocycles. The Morgan fingerprint density at radius 1 is 0.143 bits per heavy atom. The molecule has 320 valence electrons. The number of hydrogen-bond donors (Lipinski definition) is 0. The third kappa shape index (κ3) is 6120. The van der Waals surface area contributed by atoms with E-state index >= 15 is 0 Å². The second-order valence-electron chi connectivity index (χ2n) is 4.47. The zero-order valence-corrected chi connectivity index (χ0v) is 45.9. The maximum Gasteiger partial charge on any atom is 6.00 e. The minimum atomic E-state index is -5.39. The second kappa shape index (κ2) is 50.2. The molecule has 0 aliphatic rings. The van der Waals surface area contributed by atoms with Crippen LogP contribution in [0.4, 0.5) is 0 Å². The van der Waals surface area contributed by atoms with Gasteiger partial charge in [-0.1, -0.05) is 0 Å². The Bertz CT molecular complexity index is 864. The van der Waals surface area contributed by atoms with Gasteiger partial charge in [0.1, 0.15) is 0 Å². The van der Waals surface area contributed by atoms with Gasteiger partial charge in [-0.25, -0.2) is 0 Å². The van der Waals surface area contributed by atoms with E-state index in [0.29, 0.717) is 0 Å². The van der Waals surface area contributed by atoms with E-state index in [0.717, 1.165) is 0 Å². The van der Waals surface area contributed by atoms with Gasteiger partial charge < -0.3 is 192 Å². The van der Waals surface area contributed by atoms with E-state index in [1.165, 1.54) is 0 Å². The molecule has 0 aromatic rings. The Hall–Kier alpha value is 5.81. The van der Waals surface area contributed by atoms with E-state index in [2.05, 4.69) is 0 Å². The third-order valence-corrected chi connectivity index (χ3v) is 0. The summed E-state index contributed by atoms with van der Waals surface area (Å²) in [5.74, 6) is 0. The van der Waals surface area contributed by atoms with E-state index in [1.807, 2.05) is 0 Å². The zero-order valence-electron chi connectivity index (χ0n) is 23.5. The predicted octanol–water partition coefficient (Wildman–Crippen LogP) is -28.3. The van der Waals surface area contributed by atoms with E-state index in [9.17, 15) is 0 Å². The molecule has 0 aliphatic carbocycles. The molecule has 56 heavy (non-hydrogen) atoms. The maximum atomic E-state index is 8.55. The normalized spacial score (nSPS) is 10.5. The van der Waals surface area contributed by atoms with Crippen molar-refractivity contribution in [2.75, 3.05) is 0 Å². The zero-order chi connectivity index (χ0) is 45.0. The summed E-state index contributed by atoms with van der Waals surface area (Å²) in [6.45, 7) is 0. The van der Waals surface area contributed by atoms with Gasteiger partial charge in [0, 0.05) is 0 Å². The van der Waals surface area contributed by atoms with Crippen LogP contribution in [0.25, 0.3) is 0 Å². The fourth-order valence-corrected chi connectivity index (χ4v) is 0. The molecule has 0 heterocycles. The molecule has 56 heteroatoms. The number of phosphoric acid groups is 10. The van der Waals surface area contributed by atoms with Gasteiger partial charge in [-0.2, -0.15) is 78.2 Å². The van der Waals surface area contributed by atoms with E-state index in [1.54, 1.807) is 0 Å². The molecule has 0 aromatic heterocycles. The largest absolute Gasteiger partial charge is 6.00 e. The van der Waals surface area contributed by atoms with Crippen LogP contribution in [0, 0.1) is 0 Å². The Morgan fingerprint density at radius 3 is 0.143 bits per heavy atom. The van der Waals surface area contributed by atoms with Crippen molar-refractivity contribution in [2.24, 2.45) is 0 Å². The van der Waals surface area contributed by atoms with Gasteiger partial charge in [-0.15, -0.1) is 0 Å². The first-order valence-corrected chi connectivity index (χ1v) is 21.9. The molecule has 0 rings (SSSR count). The monoisotopic (exact) mass is 1510 g/mol. The van der Waals surface area contributed by atoms with Crippen LogP contribution in [0.3, 0.4) is 0 Å². The van der Waals surface area contributed by atoms with Crippen LogP contribution in [0.2, 0.25) is 0 Å². The van der Waals surface area contributed by atoms with Crippen LogP contribution in [-0.4, -0.2) is 0 Å². The second-order valence-corrected chi connectivity index (χ2v) is 13.4. The third-order valence-electron chi connectivity index (χ3n) is 0. The van der Waals surface area contributed by atoms with E-state index in [-0.39, 0.29) is 142 Å². The van der Waals surface area contributed by atoms with E-state index in [4.69, 9.17) is 192 Å². The maximum absolute atomic E-state index is 8.55. The Balaban J connectivity index is -0.0000000224. The summed E-state index contributed by atoms with van der Waals surface area (Å²) in [7, 11) is -53.9. The van der Waals surface area contributed by atoms with Gasteiger partial charge in [0.15, 0.2) is 0 Å². The summed E-state index contributed by atoms with van der Waals surface area (Å²) in [6, 6.07) is 0. The first-order chi connectivity index (χ1) is 20.0. The summed E-state index contributed by atoms with van der Waals surface area (Å²) in [5.41, 5.74) is 0. The SMILES string of the molecule is O=P([O-])([O-])[O-].O=P([O-])([O-])[O-].O=P([O-])([O-])[O-].O=P([O-])([O-])[O-].O=P([O-])([O-])[O-].O=P([O-])([O-])[O-].O=P([O-])([O-])[O-].O=P([O-])([O-])[O-].O=P([O-])([O-])[O-].O=P([O-])([O-])[O-].[Mo+6].[Mo+6].[Mo+6].[Zr+4].[Zr+4].[Zr+4]. The molecule has 0 radical (unpaired) electrons. The van der Waals surface area contributed by atoms with Crippen LogP contribution in [-0.2, 0) is 187 Å². The van der Waals surface area contributed by atoms with Crippen molar-refractivity contribution < 1.29 is 334 Å². The van der Waals surface area contributed by atoms with Crippen molar-refractivity contribution in [1.82, 2.24) is 0 Å². The topological polar surface area (TPSA) is 862 Å². The average Bonchev–Trinajstić information content (AvgIpc) is 2.34. The quantitative estimate of drug-likeness (QED) is 0.160. The van der Waals surface area contributed by atoms with Gasteiger partial charge in [0.2, 0.25) is 0 Å². The molecule has 0 aromatic carbocycles. The molecular formula is Mo3O40P10Zr3. The van der Waals surface area contributed by atoms with Crippen molar-refractivity contribution >= 4 is 78.2 Å². The van der Waals surface area contributed by atoms with Crippen molar-refractivity contribution in [3.63, 3.8) is 0 Å². The molecule has 0 bridgehead atoms. The van der Waals surface area contributed by atoms with Crippen LogP contribution in [0.1, 0.15) is 0 Å². The van der Waals surface area contributed by atoms with Gasteiger partial charge in [0.25, 0.3) is 0 Å². The van der Waals surface area contributed by atoms with Crippen LogP contribution >= 0.6 is 78.2 Å². The average molecular weight is 1510 g/mol. The summed E-state index contributed by atoms with van der Waals surface area (Å²) in [6.07, 6.45) is 0. The van der Waals surface area contributed by atoms with Gasteiger partial charge in [0.05, 0.1) is 0 Å². The standard InChI is InChI=1S/3Mo.10H3O4P.3Zr/c;;;10*1-5(2,3)4;;;/h;;;10*(H3,1,2,3,4);;;/q3*+6;;;;;;;;;;;3*+4/p-30. The van der Waals surface area contributed by atoms with Crippen LogP contribution in [0.5, 0.6) is 0 Å². The number of rotatable bonds is 0. The molecule has 0 spiro atoms. The first kappa shape index (κ1) is 109. The fraction of sp³-hybridized carbons (Fsp3) is 0. The van der Waals surface area contributed by atoms with Crippen LogP contribution in [0.15, 0.2) is 0 Å². The minimum Gasteiger partial charge on any atom is -0.822 e. The van der Waals surface area contributed by atoms with Gasteiger partial charge >= 0.3 is 142 Å². The summed E-state index contributed by atoms with van der Waals surface area (Å²) < 4.78 is 85.5. The molecule has 0 atom stereocenters.